The van der Waals surface area contributed by atoms with Crippen LogP contribution >= 0.6 is 0 Å². The van der Waals surface area contributed by atoms with Crippen molar-refractivity contribution in [3.8, 4) is 67.5 Å². The maximum absolute atomic E-state index is 14.7. The van der Waals surface area contributed by atoms with Gasteiger partial charge >= 0.3 is 0 Å². The molecule has 0 spiro atoms. The van der Waals surface area contributed by atoms with Crippen LogP contribution in [0, 0.1) is 44.8 Å². The van der Waals surface area contributed by atoms with Gasteiger partial charge < -0.3 is 50.2 Å². The van der Waals surface area contributed by atoms with Gasteiger partial charge in [0.15, 0.2) is 0 Å². The van der Waals surface area contributed by atoms with E-state index in [0.29, 0.717) is 142 Å². The lowest BCUT2D eigenvalue weighted by molar-refractivity contribution is -0.121. The maximum atomic E-state index is 14.7. The van der Waals surface area contributed by atoms with Crippen molar-refractivity contribution in [1.29, 1.82) is 0 Å². The van der Waals surface area contributed by atoms with E-state index >= 15 is 0 Å². The van der Waals surface area contributed by atoms with Gasteiger partial charge in [-0.1, -0.05) is 86.6 Å². The third-order valence-corrected chi connectivity index (χ3v) is 19.9. The van der Waals surface area contributed by atoms with Gasteiger partial charge in [-0.3, -0.25) is 19.2 Å². The van der Waals surface area contributed by atoms with E-state index in [9.17, 15) is 19.2 Å². The zero-order valence-electron chi connectivity index (χ0n) is 52.8. The van der Waals surface area contributed by atoms with Crippen LogP contribution in [0.1, 0.15) is 111 Å². The average molecular weight is 1190 g/mol. The number of hydrogen-bond acceptors (Lipinski definition) is 10. The van der Waals surface area contributed by atoms with Crippen molar-refractivity contribution in [3.05, 3.63) is 120 Å². The van der Waals surface area contributed by atoms with Gasteiger partial charge in [0.25, 0.3) is 0 Å². The highest BCUT2D eigenvalue weighted by atomic mass is 16.5. The number of carbonyl (C=O) groups excluding carboxylic acids is 4. The van der Waals surface area contributed by atoms with Crippen LogP contribution in [0.4, 0.5) is 22.7 Å². The monoisotopic (exact) mass is 1190 g/mol. The number of methoxy groups -OCH3 is 4. The van der Waals surface area contributed by atoms with E-state index in [0.717, 1.165) is 19.3 Å². The van der Waals surface area contributed by atoms with Gasteiger partial charge in [-0.25, -0.2) is 9.97 Å². The Morgan fingerprint density at radius 1 is 0.393 bits per heavy atom. The third kappa shape index (κ3) is 10.2. The number of hydrogen-bond donors (Lipinski definition) is 6. The van der Waals surface area contributed by atoms with Crippen LogP contribution in [0.15, 0.2) is 97.1 Å². The fourth-order valence-electron chi connectivity index (χ4n) is 13.4. The summed E-state index contributed by atoms with van der Waals surface area (Å²) in [5.41, 5.74) is 9.62. The molecule has 3 aromatic heterocycles. The number of benzene rings is 4. The predicted octanol–water partition coefficient (Wildman–Crippen LogP) is 15.7. The Kier molecular flexibility index (Phi) is 13.9. The lowest BCUT2D eigenvalue weighted by Gasteiger charge is -2.20. The molecular weight excluding hydrogens is 1120 g/mol. The van der Waals surface area contributed by atoms with Crippen molar-refractivity contribution >= 4 is 92.7 Å². The molecule has 456 valence electrons. The van der Waals surface area contributed by atoms with Crippen molar-refractivity contribution in [2.45, 2.75) is 88.0 Å². The minimum absolute atomic E-state index is 0.123. The summed E-state index contributed by atoms with van der Waals surface area (Å²) in [4.78, 5) is 77.1. The summed E-state index contributed by atoms with van der Waals surface area (Å²) in [7, 11) is 6.46. The highest BCUT2D eigenvalue weighted by Gasteiger charge is 2.62. The first-order valence-corrected chi connectivity index (χ1v) is 30.5. The van der Waals surface area contributed by atoms with Crippen LogP contribution < -0.4 is 40.2 Å². The van der Waals surface area contributed by atoms with Crippen molar-refractivity contribution in [2.75, 3.05) is 49.7 Å². The Bertz CT molecular complexity index is 4270. The lowest BCUT2D eigenvalue weighted by atomic mass is 9.95. The van der Waals surface area contributed by atoms with Gasteiger partial charge in [-0.05, 0) is 144 Å². The number of carbonyl (C=O) groups is 4. The molecule has 89 heavy (non-hydrogen) atoms. The second-order valence-electron chi connectivity index (χ2n) is 27.6. The first kappa shape index (κ1) is 58.6. The van der Waals surface area contributed by atoms with Gasteiger partial charge in [-0.15, -0.1) is 0 Å². The molecule has 4 aliphatic carbocycles. The summed E-state index contributed by atoms with van der Waals surface area (Å²) < 4.78 is 24.8. The number of fused-ring (bicyclic) bond motifs is 8. The Hall–Kier alpha value is -9.44. The number of nitrogens with one attached hydrogen (secondary N) is 6. The molecule has 0 saturated heterocycles. The molecule has 13 rings (SSSR count). The molecule has 4 fully saturated rings. The molecule has 16 nitrogen and oxygen atoms in total. The van der Waals surface area contributed by atoms with Crippen LogP contribution in [0.25, 0.3) is 90.9 Å². The van der Waals surface area contributed by atoms with Crippen LogP contribution in [0.2, 0.25) is 0 Å². The molecule has 4 saturated carbocycles. The number of aromatic amines is 2. The van der Waals surface area contributed by atoms with E-state index in [2.05, 4.69) is 86.6 Å². The maximum Gasteiger partial charge on any atom is 0.230 e. The summed E-state index contributed by atoms with van der Waals surface area (Å²) in [5.74, 6) is 0.863. The van der Waals surface area contributed by atoms with E-state index in [4.69, 9.17) is 28.9 Å². The second kappa shape index (κ2) is 21.1. The summed E-state index contributed by atoms with van der Waals surface area (Å²) in [6.07, 6.45) is 10.7. The third-order valence-electron chi connectivity index (χ3n) is 19.9. The van der Waals surface area contributed by atoms with Crippen molar-refractivity contribution in [1.82, 2.24) is 19.9 Å². The van der Waals surface area contributed by atoms with Crippen LogP contribution in [0.5, 0.6) is 23.0 Å². The number of H-pyrrole nitrogens is 2. The Morgan fingerprint density at radius 3 is 0.910 bits per heavy atom. The lowest BCUT2D eigenvalue weighted by Crippen LogP contribution is -2.26. The fourth-order valence-corrected chi connectivity index (χ4v) is 13.4. The minimum Gasteiger partial charge on any atom is -0.496 e. The molecule has 4 amide bonds. The van der Waals surface area contributed by atoms with Crippen molar-refractivity contribution in [2.24, 2.45) is 44.8 Å². The van der Waals surface area contributed by atoms with Crippen LogP contribution in [-0.2, 0) is 19.2 Å². The van der Waals surface area contributed by atoms with Gasteiger partial charge in [0.2, 0.25) is 23.6 Å². The minimum atomic E-state index is -0.655. The normalized spacial score (nSPS) is 20.6. The Balaban J connectivity index is 1.18. The standard InChI is InChI=1S/C73H76N8O8/c1-69(2)34-38(69)65(82)78-41-18-14-19-42(79-66(83)39-35-70(39,3)4)57(41)59-45-26-30-49(74-45)61(63-53(86-10)22-16-23-54(63)87-11)51-32-28-47(76-51)60(48-29-33-52(77-48)62(50-31-27-46(59)75-50)64-55(88-12)24-17-25-56(64)89-13)58-43(80-67(84)40-36-71(40,5)6)20-15-21-44(58)81-68(85)73(9)37-72(73,7)8/h14-33,38-40,74,77H,34-37H2,1-13H3,(H,78,82)(H,79,83)(H,80,84)(H,81,85)/t38-,39-,40-,73-/m1/s1. The zero-order chi connectivity index (χ0) is 62.9. The SMILES string of the molecule is COc1cccc(OC)c1-c1c2nc(c(-c3c(NC(=O)[C@H]4CC4(C)C)cccc3NC(=O)[C@@]3(C)CC3(C)C)c3ccc([nH]3)c(-c3c(OC)cccc3OC)c3nc(c(-c4c(NC(=O)[C@H]5CC5(C)C)cccc4NC(=O)[C@H]4CC4(C)C)c4ccc1[nH]4)C=C3)C=C2. The molecule has 6 aliphatic rings. The first-order chi connectivity index (χ1) is 42.4. The van der Waals surface area contributed by atoms with Gasteiger partial charge in [0, 0.05) is 73.2 Å². The molecule has 6 N–H and O–H groups in total. The largest absolute Gasteiger partial charge is 0.496 e. The molecule has 0 radical (unpaired) electrons. The van der Waals surface area contributed by atoms with Gasteiger partial charge in [0.1, 0.15) is 23.0 Å². The topological polar surface area (TPSA) is 211 Å². The Labute approximate surface area is 518 Å². The highest BCUT2D eigenvalue weighted by Crippen LogP contribution is 2.64. The molecule has 8 bridgehead atoms. The zero-order valence-corrected chi connectivity index (χ0v) is 52.8. The summed E-state index contributed by atoms with van der Waals surface area (Å²) in [5, 5.41) is 13.4. The average Bonchev–Trinajstić information content (AvgIpc) is 1.60. The summed E-state index contributed by atoms with van der Waals surface area (Å²) in [6, 6.07) is 30.3. The van der Waals surface area contributed by atoms with Gasteiger partial charge in [0.05, 0.1) is 90.5 Å². The molecule has 2 aliphatic heterocycles. The molecule has 4 aromatic carbocycles. The van der Waals surface area contributed by atoms with E-state index in [-0.39, 0.29) is 63.0 Å². The molecule has 0 unspecified atom stereocenters. The molecular formula is C73H76N8O8. The van der Waals surface area contributed by atoms with E-state index in [1.54, 1.807) is 28.4 Å². The predicted molar refractivity (Wildman–Crippen MR) is 353 cm³/mol. The quantitative estimate of drug-likeness (QED) is 0.0539. The number of ether oxygens (including phenoxy) is 4. The van der Waals surface area contributed by atoms with Crippen molar-refractivity contribution < 1.29 is 38.1 Å². The number of amides is 4. The molecule has 7 aromatic rings. The smallest absolute Gasteiger partial charge is 0.230 e. The van der Waals surface area contributed by atoms with E-state index in [1.807, 2.05) is 128 Å². The number of anilines is 4. The second-order valence-corrected chi connectivity index (χ2v) is 27.6. The van der Waals surface area contributed by atoms with Crippen LogP contribution in [-0.4, -0.2) is 72.0 Å². The number of nitrogens with zero attached hydrogens (tertiary/aromatic N) is 2. The highest BCUT2D eigenvalue weighted by molar-refractivity contribution is 6.12. The van der Waals surface area contributed by atoms with E-state index < -0.39 is 5.41 Å². The fraction of sp³-hybridized carbons (Fsp3) is 0.342. The first-order valence-electron chi connectivity index (χ1n) is 30.5. The molecule has 16 heteroatoms. The molecule has 5 heterocycles. The van der Waals surface area contributed by atoms with Crippen molar-refractivity contribution in [3.63, 3.8) is 0 Å². The van der Waals surface area contributed by atoms with Gasteiger partial charge in [-0.2, -0.15) is 0 Å². The number of rotatable bonds is 16. The summed E-state index contributed by atoms with van der Waals surface area (Å²) >= 11 is 0. The molecule has 4 atom stereocenters. The van der Waals surface area contributed by atoms with E-state index in [1.165, 1.54) is 0 Å². The summed E-state index contributed by atoms with van der Waals surface area (Å²) in [6.45, 7) is 18.7. The number of aromatic nitrogens is 4. The van der Waals surface area contributed by atoms with Crippen LogP contribution in [0.3, 0.4) is 0 Å². The Morgan fingerprint density at radius 2 is 0.652 bits per heavy atom.